The highest BCUT2D eigenvalue weighted by Gasteiger charge is 2.15. The van der Waals surface area contributed by atoms with Crippen LogP contribution < -0.4 is 9.47 Å². The molecule has 0 atom stereocenters. The molecule has 2 aromatic carbocycles. The molecule has 0 fully saturated rings. The van der Waals surface area contributed by atoms with Gasteiger partial charge in [-0.3, -0.25) is 0 Å². The van der Waals surface area contributed by atoms with E-state index in [2.05, 4.69) is 15.9 Å². The second-order valence-corrected chi connectivity index (χ2v) is 5.06. The zero-order valence-corrected chi connectivity index (χ0v) is 12.7. The summed E-state index contributed by atoms with van der Waals surface area (Å²) in [5.74, 6) is -0.668. The van der Waals surface area contributed by atoms with Gasteiger partial charge in [-0.1, -0.05) is 12.1 Å². The number of benzene rings is 2. The van der Waals surface area contributed by atoms with E-state index in [1.807, 2.05) is 0 Å². The summed E-state index contributed by atoms with van der Waals surface area (Å²) < 4.78 is 24.1. The van der Waals surface area contributed by atoms with Crippen LogP contribution in [0.5, 0.6) is 11.5 Å². The van der Waals surface area contributed by atoms with Crippen molar-refractivity contribution in [2.75, 3.05) is 7.11 Å². The molecule has 0 spiro atoms. The largest absolute Gasteiger partial charge is 0.493 e. The molecule has 0 saturated heterocycles. The highest BCUT2D eigenvalue weighted by Crippen LogP contribution is 2.37. The number of carboxylic acids is 1. The Morgan fingerprint density at radius 3 is 2.52 bits per heavy atom. The molecule has 110 valence electrons. The molecule has 0 radical (unpaired) electrons. The number of methoxy groups -OCH3 is 1. The predicted molar refractivity (Wildman–Crippen MR) is 78.4 cm³/mol. The van der Waals surface area contributed by atoms with E-state index < -0.39 is 5.97 Å². The van der Waals surface area contributed by atoms with Crippen molar-refractivity contribution in [3.8, 4) is 11.5 Å². The van der Waals surface area contributed by atoms with Gasteiger partial charge in [0.1, 0.15) is 12.4 Å². The Kier molecular flexibility index (Phi) is 4.80. The Balaban J connectivity index is 2.23. The summed E-state index contributed by atoms with van der Waals surface area (Å²) in [6.45, 7) is 0.210. The van der Waals surface area contributed by atoms with E-state index in [0.717, 1.165) is 5.56 Å². The molecule has 0 aliphatic heterocycles. The summed E-state index contributed by atoms with van der Waals surface area (Å²) in [4.78, 5) is 11.0. The van der Waals surface area contributed by atoms with Gasteiger partial charge in [0, 0.05) is 0 Å². The molecule has 1 N–H and O–H groups in total. The smallest absolute Gasteiger partial charge is 0.335 e. The maximum absolute atomic E-state index is 12.8. The first-order valence-corrected chi connectivity index (χ1v) is 6.78. The van der Waals surface area contributed by atoms with Crippen LogP contribution in [0.1, 0.15) is 15.9 Å². The number of aromatic carboxylic acids is 1. The third kappa shape index (κ3) is 3.72. The molecular formula is C15H12BrFO4. The molecule has 21 heavy (non-hydrogen) atoms. The Bertz CT molecular complexity index is 655. The summed E-state index contributed by atoms with van der Waals surface area (Å²) >= 11 is 3.26. The van der Waals surface area contributed by atoms with Gasteiger partial charge in [0.15, 0.2) is 11.5 Å². The van der Waals surface area contributed by atoms with Crippen LogP contribution in [-0.2, 0) is 6.61 Å². The van der Waals surface area contributed by atoms with E-state index in [-0.39, 0.29) is 18.0 Å². The number of halogens is 2. The molecule has 6 heteroatoms. The van der Waals surface area contributed by atoms with Gasteiger partial charge in [-0.25, -0.2) is 9.18 Å². The molecule has 0 amide bonds. The van der Waals surface area contributed by atoms with Gasteiger partial charge in [0.2, 0.25) is 0 Å². The summed E-state index contributed by atoms with van der Waals surface area (Å²) in [6, 6.07) is 8.73. The lowest BCUT2D eigenvalue weighted by Crippen LogP contribution is -2.02. The number of hydrogen-bond donors (Lipinski definition) is 1. The third-order valence-corrected chi connectivity index (χ3v) is 3.36. The van der Waals surface area contributed by atoms with Gasteiger partial charge in [0.05, 0.1) is 17.1 Å². The average Bonchev–Trinajstić information content (AvgIpc) is 2.46. The highest BCUT2D eigenvalue weighted by atomic mass is 79.9. The zero-order chi connectivity index (χ0) is 15.4. The first-order chi connectivity index (χ1) is 10.0. The fourth-order valence-electron chi connectivity index (χ4n) is 1.72. The molecule has 4 nitrogen and oxygen atoms in total. The van der Waals surface area contributed by atoms with Crippen LogP contribution in [0.2, 0.25) is 0 Å². The van der Waals surface area contributed by atoms with Gasteiger partial charge in [0.25, 0.3) is 0 Å². The van der Waals surface area contributed by atoms with E-state index in [1.54, 1.807) is 12.1 Å². The second kappa shape index (κ2) is 6.58. The topological polar surface area (TPSA) is 55.8 Å². The van der Waals surface area contributed by atoms with Crippen molar-refractivity contribution in [1.29, 1.82) is 0 Å². The maximum Gasteiger partial charge on any atom is 0.335 e. The van der Waals surface area contributed by atoms with Gasteiger partial charge in [-0.05, 0) is 45.8 Å². The Labute approximate surface area is 129 Å². The van der Waals surface area contributed by atoms with Gasteiger partial charge in [-0.15, -0.1) is 0 Å². The number of ether oxygens (including phenoxy) is 2. The molecule has 0 aromatic heterocycles. The molecular weight excluding hydrogens is 343 g/mol. The summed E-state index contributed by atoms with van der Waals surface area (Å²) in [7, 11) is 1.43. The van der Waals surface area contributed by atoms with Crippen LogP contribution >= 0.6 is 15.9 Å². The van der Waals surface area contributed by atoms with Crippen molar-refractivity contribution in [3.63, 3.8) is 0 Å². The second-order valence-electron chi connectivity index (χ2n) is 4.21. The van der Waals surface area contributed by atoms with Crippen LogP contribution in [0.15, 0.2) is 40.9 Å². The first kappa shape index (κ1) is 15.3. The van der Waals surface area contributed by atoms with E-state index in [4.69, 9.17) is 14.6 Å². The maximum atomic E-state index is 12.8. The minimum atomic E-state index is -1.06. The van der Waals surface area contributed by atoms with E-state index >= 15 is 0 Å². The van der Waals surface area contributed by atoms with E-state index in [9.17, 15) is 9.18 Å². The lowest BCUT2D eigenvalue weighted by Gasteiger charge is -2.13. The van der Waals surface area contributed by atoms with E-state index in [0.29, 0.717) is 16.0 Å². The predicted octanol–water partition coefficient (Wildman–Crippen LogP) is 3.87. The molecule has 2 aromatic rings. The molecule has 2 rings (SSSR count). The van der Waals surface area contributed by atoms with Crippen molar-refractivity contribution in [2.24, 2.45) is 0 Å². The number of hydrogen-bond acceptors (Lipinski definition) is 3. The van der Waals surface area contributed by atoms with Crippen LogP contribution in [0.3, 0.4) is 0 Å². The van der Waals surface area contributed by atoms with Crippen molar-refractivity contribution >= 4 is 21.9 Å². The molecule has 0 heterocycles. The van der Waals surface area contributed by atoms with Gasteiger partial charge in [-0.2, -0.15) is 0 Å². The van der Waals surface area contributed by atoms with Crippen LogP contribution in [0, 0.1) is 5.82 Å². The SMILES string of the molecule is COc1cc(C(=O)O)cc(Br)c1OCc1ccc(F)cc1. The van der Waals surface area contributed by atoms with Gasteiger partial charge >= 0.3 is 5.97 Å². The van der Waals surface area contributed by atoms with Crippen LogP contribution in [-0.4, -0.2) is 18.2 Å². The van der Waals surface area contributed by atoms with Crippen LogP contribution in [0.25, 0.3) is 0 Å². The lowest BCUT2D eigenvalue weighted by molar-refractivity contribution is 0.0696. The quantitative estimate of drug-likeness (QED) is 0.885. The van der Waals surface area contributed by atoms with E-state index in [1.165, 1.54) is 31.4 Å². The number of rotatable bonds is 5. The molecule has 0 saturated carbocycles. The third-order valence-electron chi connectivity index (χ3n) is 2.77. The molecule has 0 aliphatic rings. The minimum Gasteiger partial charge on any atom is -0.493 e. The van der Waals surface area contributed by atoms with Crippen molar-refractivity contribution in [2.45, 2.75) is 6.61 Å². The van der Waals surface area contributed by atoms with Crippen LogP contribution in [0.4, 0.5) is 4.39 Å². The van der Waals surface area contributed by atoms with Crippen molar-refractivity contribution < 1.29 is 23.8 Å². The lowest BCUT2D eigenvalue weighted by atomic mass is 10.2. The number of carboxylic acid groups (broad SMARTS) is 1. The molecule has 0 bridgehead atoms. The average molecular weight is 355 g/mol. The summed E-state index contributed by atoms with van der Waals surface area (Å²) in [6.07, 6.45) is 0. The standard InChI is InChI=1S/C15H12BrFO4/c1-20-13-7-10(15(18)19)6-12(16)14(13)21-8-9-2-4-11(17)5-3-9/h2-7H,8H2,1H3,(H,18,19). The fourth-order valence-corrected chi connectivity index (χ4v) is 2.28. The first-order valence-electron chi connectivity index (χ1n) is 5.99. The molecule has 0 unspecified atom stereocenters. The van der Waals surface area contributed by atoms with Crippen molar-refractivity contribution in [1.82, 2.24) is 0 Å². The highest BCUT2D eigenvalue weighted by molar-refractivity contribution is 9.10. The molecule has 0 aliphatic carbocycles. The monoisotopic (exact) mass is 354 g/mol. The fraction of sp³-hybridized carbons (Fsp3) is 0.133. The Morgan fingerprint density at radius 2 is 1.95 bits per heavy atom. The van der Waals surface area contributed by atoms with Crippen molar-refractivity contribution in [3.05, 3.63) is 57.8 Å². The summed E-state index contributed by atoms with van der Waals surface area (Å²) in [5.41, 5.74) is 0.875. The minimum absolute atomic E-state index is 0.0906. The Hall–Kier alpha value is -2.08. The zero-order valence-electron chi connectivity index (χ0n) is 11.1. The van der Waals surface area contributed by atoms with Gasteiger partial charge < -0.3 is 14.6 Å². The summed E-state index contributed by atoms with van der Waals surface area (Å²) in [5, 5.41) is 9.00. The normalized spacial score (nSPS) is 10.2. The number of carbonyl (C=O) groups is 1. The Morgan fingerprint density at radius 1 is 1.29 bits per heavy atom.